The van der Waals surface area contributed by atoms with E-state index in [1.807, 2.05) is 68.1 Å². The van der Waals surface area contributed by atoms with Gasteiger partial charge in [-0.2, -0.15) is 0 Å². The molecular formula is C28H32ClNO2. The normalized spacial score (nSPS) is 11.9. The lowest BCUT2D eigenvalue weighted by Crippen LogP contribution is -2.31. The van der Waals surface area contributed by atoms with Crippen molar-refractivity contribution in [3.8, 4) is 5.75 Å². The molecule has 3 rings (SSSR count). The van der Waals surface area contributed by atoms with E-state index in [0.717, 1.165) is 17.7 Å². The first-order chi connectivity index (χ1) is 15.5. The van der Waals surface area contributed by atoms with Crippen LogP contribution in [0, 0.1) is 0 Å². The van der Waals surface area contributed by atoms with Crippen LogP contribution < -0.4 is 4.74 Å². The molecule has 0 aromatic heterocycles. The Kier molecular flexibility index (Phi) is 8.75. The molecule has 0 aliphatic rings. The fourth-order valence-electron chi connectivity index (χ4n) is 3.87. The molecule has 32 heavy (non-hydrogen) atoms. The summed E-state index contributed by atoms with van der Waals surface area (Å²) in [5, 5.41) is 0.705. The monoisotopic (exact) mass is 449 g/mol. The van der Waals surface area contributed by atoms with Gasteiger partial charge in [-0.1, -0.05) is 73.1 Å². The number of benzene rings is 3. The van der Waals surface area contributed by atoms with Gasteiger partial charge in [0.05, 0.1) is 6.10 Å². The van der Waals surface area contributed by atoms with Crippen molar-refractivity contribution in [3.05, 3.63) is 101 Å². The van der Waals surface area contributed by atoms with Crippen molar-refractivity contribution in [1.82, 2.24) is 4.90 Å². The third-order valence-corrected chi connectivity index (χ3v) is 5.74. The molecule has 3 aromatic carbocycles. The van der Waals surface area contributed by atoms with Crippen molar-refractivity contribution >= 4 is 17.5 Å². The second-order valence-corrected chi connectivity index (χ2v) is 8.72. The molecule has 0 unspecified atom stereocenters. The first kappa shape index (κ1) is 23.9. The number of carbonyl (C=O) groups excluding carboxylic acids is 1. The summed E-state index contributed by atoms with van der Waals surface area (Å²) in [5.41, 5.74) is 3.56. The molecule has 1 amide bonds. The van der Waals surface area contributed by atoms with Crippen molar-refractivity contribution in [2.45, 2.75) is 52.2 Å². The Morgan fingerprint density at radius 3 is 2.12 bits per heavy atom. The predicted molar refractivity (Wildman–Crippen MR) is 132 cm³/mol. The van der Waals surface area contributed by atoms with Gasteiger partial charge in [0.15, 0.2) is 0 Å². The summed E-state index contributed by atoms with van der Waals surface area (Å²) < 4.78 is 5.81. The fraction of sp³-hybridized carbons (Fsp3) is 0.321. The second kappa shape index (κ2) is 11.7. The van der Waals surface area contributed by atoms with E-state index in [4.69, 9.17) is 16.3 Å². The highest BCUT2D eigenvalue weighted by Crippen LogP contribution is 2.30. The standard InChI is InChI=1S/C28H32ClNO2/c1-4-28(31)30(20-22-10-14-25(29)15-11-22)19-18-27(23-8-6-5-7-9-23)24-12-16-26(17-13-24)32-21(2)3/h5-17,21,27H,4,18-20H2,1-3H3/t27-/m0/s1. The minimum Gasteiger partial charge on any atom is -0.491 e. The molecule has 3 nitrogen and oxygen atoms in total. The van der Waals surface area contributed by atoms with E-state index in [2.05, 4.69) is 36.4 Å². The highest BCUT2D eigenvalue weighted by Gasteiger charge is 2.19. The molecule has 0 spiro atoms. The number of hydrogen-bond acceptors (Lipinski definition) is 2. The third-order valence-electron chi connectivity index (χ3n) is 5.49. The molecule has 168 valence electrons. The van der Waals surface area contributed by atoms with E-state index < -0.39 is 0 Å². The Hall–Kier alpha value is -2.78. The largest absolute Gasteiger partial charge is 0.491 e. The van der Waals surface area contributed by atoms with Gasteiger partial charge in [-0.3, -0.25) is 4.79 Å². The molecule has 4 heteroatoms. The molecule has 0 aliphatic carbocycles. The van der Waals surface area contributed by atoms with Crippen LogP contribution in [0.5, 0.6) is 5.75 Å². The molecule has 0 N–H and O–H groups in total. The van der Waals surface area contributed by atoms with Gasteiger partial charge in [0.25, 0.3) is 0 Å². The van der Waals surface area contributed by atoms with Crippen molar-refractivity contribution < 1.29 is 9.53 Å². The van der Waals surface area contributed by atoms with E-state index in [1.54, 1.807) is 0 Å². The lowest BCUT2D eigenvalue weighted by Gasteiger charge is -2.26. The second-order valence-electron chi connectivity index (χ2n) is 8.28. The molecule has 0 saturated carbocycles. The van der Waals surface area contributed by atoms with Crippen LogP contribution in [0.4, 0.5) is 0 Å². The lowest BCUT2D eigenvalue weighted by molar-refractivity contribution is -0.131. The summed E-state index contributed by atoms with van der Waals surface area (Å²) in [6, 6.07) is 26.6. The summed E-state index contributed by atoms with van der Waals surface area (Å²) in [6.45, 7) is 7.24. The molecule has 0 aliphatic heterocycles. The average Bonchev–Trinajstić information content (AvgIpc) is 2.80. The Balaban J connectivity index is 1.80. The first-order valence-corrected chi connectivity index (χ1v) is 11.7. The van der Waals surface area contributed by atoms with Gasteiger partial charge >= 0.3 is 0 Å². The number of amides is 1. The Labute approximate surface area is 197 Å². The van der Waals surface area contributed by atoms with Crippen LogP contribution in [0.1, 0.15) is 56.2 Å². The Morgan fingerprint density at radius 1 is 0.906 bits per heavy atom. The number of nitrogens with zero attached hydrogens (tertiary/aromatic N) is 1. The maximum absolute atomic E-state index is 12.7. The van der Waals surface area contributed by atoms with Crippen molar-refractivity contribution in [2.24, 2.45) is 0 Å². The molecule has 0 radical (unpaired) electrons. The molecule has 3 aromatic rings. The van der Waals surface area contributed by atoms with Gasteiger partial charge in [0.2, 0.25) is 5.91 Å². The number of rotatable bonds is 10. The maximum Gasteiger partial charge on any atom is 0.222 e. The molecule has 0 bridgehead atoms. The van der Waals surface area contributed by atoms with Crippen molar-refractivity contribution in [1.29, 1.82) is 0 Å². The van der Waals surface area contributed by atoms with Crippen LogP contribution in [0.15, 0.2) is 78.9 Å². The minimum absolute atomic E-state index is 0.146. The topological polar surface area (TPSA) is 29.5 Å². The van der Waals surface area contributed by atoms with Gasteiger partial charge < -0.3 is 9.64 Å². The lowest BCUT2D eigenvalue weighted by atomic mass is 9.88. The number of hydrogen-bond donors (Lipinski definition) is 0. The summed E-state index contributed by atoms with van der Waals surface area (Å²) in [4.78, 5) is 14.7. The highest BCUT2D eigenvalue weighted by molar-refractivity contribution is 6.30. The smallest absolute Gasteiger partial charge is 0.222 e. The van der Waals surface area contributed by atoms with Crippen LogP contribution in [0.25, 0.3) is 0 Å². The van der Waals surface area contributed by atoms with Crippen molar-refractivity contribution in [3.63, 3.8) is 0 Å². The van der Waals surface area contributed by atoms with E-state index in [1.165, 1.54) is 11.1 Å². The quantitative estimate of drug-likeness (QED) is 0.330. The summed E-state index contributed by atoms with van der Waals surface area (Å²) in [7, 11) is 0. The van der Waals surface area contributed by atoms with Gasteiger partial charge in [-0.05, 0) is 61.2 Å². The van der Waals surface area contributed by atoms with Crippen LogP contribution in [-0.4, -0.2) is 23.5 Å². The SMILES string of the molecule is CCC(=O)N(CC[C@@H](c1ccccc1)c1ccc(OC(C)C)cc1)Cc1ccc(Cl)cc1. The van der Waals surface area contributed by atoms with E-state index in [9.17, 15) is 4.79 Å². The molecule has 0 fully saturated rings. The number of halogens is 1. The summed E-state index contributed by atoms with van der Waals surface area (Å²) in [5.74, 6) is 1.23. The van der Waals surface area contributed by atoms with E-state index in [0.29, 0.717) is 24.5 Å². The zero-order chi connectivity index (χ0) is 22.9. The highest BCUT2D eigenvalue weighted by atomic mass is 35.5. The van der Waals surface area contributed by atoms with Crippen molar-refractivity contribution in [2.75, 3.05) is 6.54 Å². The maximum atomic E-state index is 12.7. The average molecular weight is 450 g/mol. The summed E-state index contributed by atoms with van der Waals surface area (Å²) >= 11 is 6.03. The van der Waals surface area contributed by atoms with Crippen LogP contribution in [0.2, 0.25) is 5.02 Å². The zero-order valence-electron chi connectivity index (χ0n) is 19.1. The summed E-state index contributed by atoms with van der Waals surface area (Å²) in [6.07, 6.45) is 1.48. The van der Waals surface area contributed by atoms with Gasteiger partial charge in [0, 0.05) is 30.5 Å². The van der Waals surface area contributed by atoms with Crippen LogP contribution in [0.3, 0.4) is 0 Å². The van der Waals surface area contributed by atoms with Crippen LogP contribution >= 0.6 is 11.6 Å². The van der Waals surface area contributed by atoms with Gasteiger partial charge in [0.1, 0.15) is 5.75 Å². The first-order valence-electron chi connectivity index (χ1n) is 11.3. The van der Waals surface area contributed by atoms with Gasteiger partial charge in [-0.15, -0.1) is 0 Å². The Bertz CT molecular complexity index is 969. The van der Waals surface area contributed by atoms with Gasteiger partial charge in [-0.25, -0.2) is 0 Å². The molecule has 1 atom stereocenters. The minimum atomic E-state index is 0.146. The van der Waals surface area contributed by atoms with E-state index in [-0.39, 0.29) is 17.9 Å². The molecule has 0 saturated heterocycles. The predicted octanol–water partition coefficient (Wildman–Crippen LogP) is 7.09. The molecule has 0 heterocycles. The third kappa shape index (κ3) is 6.86. The Morgan fingerprint density at radius 2 is 1.53 bits per heavy atom. The molecular weight excluding hydrogens is 418 g/mol. The van der Waals surface area contributed by atoms with E-state index >= 15 is 0 Å². The number of carbonyl (C=O) groups is 1. The van der Waals surface area contributed by atoms with Crippen LogP contribution in [-0.2, 0) is 11.3 Å². The number of ether oxygens (including phenoxy) is 1. The zero-order valence-corrected chi connectivity index (χ0v) is 19.9. The fourth-order valence-corrected chi connectivity index (χ4v) is 4.00.